The van der Waals surface area contributed by atoms with Crippen molar-refractivity contribution in [1.29, 1.82) is 0 Å². The van der Waals surface area contributed by atoms with Crippen LogP contribution >= 0.6 is 11.6 Å². The molecule has 0 aliphatic heterocycles. The number of halogens is 2. The first-order valence-corrected chi connectivity index (χ1v) is 6.10. The van der Waals surface area contributed by atoms with Crippen molar-refractivity contribution in [3.05, 3.63) is 58.3 Å². The van der Waals surface area contributed by atoms with Gasteiger partial charge in [0.15, 0.2) is 0 Å². The third-order valence-electron chi connectivity index (χ3n) is 2.68. The van der Waals surface area contributed by atoms with E-state index in [1.165, 1.54) is 12.1 Å². The van der Waals surface area contributed by atoms with Crippen molar-refractivity contribution in [2.24, 2.45) is 0 Å². The SMILES string of the molecule is Cc1ccc(CN(C)Cc2ccc(F)cc2Cl)o1. The third-order valence-corrected chi connectivity index (χ3v) is 3.03. The molecular weight excluding hydrogens is 253 g/mol. The largest absolute Gasteiger partial charge is 0.465 e. The Labute approximate surface area is 111 Å². The third kappa shape index (κ3) is 3.34. The first kappa shape index (κ1) is 13.1. The van der Waals surface area contributed by atoms with Crippen molar-refractivity contribution in [2.45, 2.75) is 20.0 Å². The second-order valence-corrected chi connectivity index (χ2v) is 4.83. The maximum absolute atomic E-state index is 12.9. The summed E-state index contributed by atoms with van der Waals surface area (Å²) in [5.41, 5.74) is 0.906. The van der Waals surface area contributed by atoms with Gasteiger partial charge in [0.05, 0.1) is 6.54 Å². The van der Waals surface area contributed by atoms with Crippen LogP contribution in [0.4, 0.5) is 4.39 Å². The summed E-state index contributed by atoms with van der Waals surface area (Å²) in [5, 5.41) is 0.456. The van der Waals surface area contributed by atoms with Crippen molar-refractivity contribution < 1.29 is 8.81 Å². The molecular formula is C14H15ClFNO. The smallest absolute Gasteiger partial charge is 0.124 e. The Kier molecular flexibility index (Phi) is 4.04. The lowest BCUT2D eigenvalue weighted by atomic mass is 10.2. The van der Waals surface area contributed by atoms with E-state index < -0.39 is 0 Å². The summed E-state index contributed by atoms with van der Waals surface area (Å²) in [6.07, 6.45) is 0. The van der Waals surface area contributed by atoms with E-state index in [-0.39, 0.29) is 5.82 Å². The maximum atomic E-state index is 12.9. The normalized spacial score (nSPS) is 11.2. The van der Waals surface area contributed by atoms with E-state index in [0.29, 0.717) is 18.1 Å². The molecule has 0 atom stereocenters. The van der Waals surface area contributed by atoms with Crippen molar-refractivity contribution in [3.63, 3.8) is 0 Å². The number of furan rings is 1. The number of nitrogens with zero attached hydrogens (tertiary/aromatic N) is 1. The predicted molar refractivity (Wildman–Crippen MR) is 70.0 cm³/mol. The van der Waals surface area contributed by atoms with E-state index in [1.807, 2.05) is 26.1 Å². The number of hydrogen-bond acceptors (Lipinski definition) is 2. The second-order valence-electron chi connectivity index (χ2n) is 4.42. The highest BCUT2D eigenvalue weighted by Crippen LogP contribution is 2.19. The van der Waals surface area contributed by atoms with Crippen molar-refractivity contribution in [1.82, 2.24) is 4.90 Å². The molecule has 2 rings (SSSR count). The van der Waals surface area contributed by atoms with Gasteiger partial charge in [-0.15, -0.1) is 0 Å². The zero-order valence-electron chi connectivity index (χ0n) is 10.4. The maximum Gasteiger partial charge on any atom is 0.124 e. The zero-order valence-corrected chi connectivity index (χ0v) is 11.2. The molecule has 0 spiro atoms. The summed E-state index contributed by atoms with van der Waals surface area (Å²) in [5.74, 6) is 1.50. The molecule has 0 unspecified atom stereocenters. The average molecular weight is 268 g/mol. The minimum atomic E-state index is -0.312. The Bertz CT molecular complexity index is 538. The Balaban J connectivity index is 2.00. The number of benzene rings is 1. The fourth-order valence-corrected chi connectivity index (χ4v) is 2.06. The molecule has 2 nitrogen and oxygen atoms in total. The minimum absolute atomic E-state index is 0.312. The van der Waals surface area contributed by atoms with Crippen molar-refractivity contribution in [3.8, 4) is 0 Å². The molecule has 18 heavy (non-hydrogen) atoms. The van der Waals surface area contributed by atoms with E-state index in [4.69, 9.17) is 16.0 Å². The lowest BCUT2D eigenvalue weighted by Gasteiger charge is -2.16. The molecule has 1 aromatic heterocycles. The van der Waals surface area contributed by atoms with Gasteiger partial charge in [0.25, 0.3) is 0 Å². The molecule has 0 bridgehead atoms. The van der Waals surface area contributed by atoms with Gasteiger partial charge < -0.3 is 4.42 Å². The summed E-state index contributed by atoms with van der Waals surface area (Å²) in [7, 11) is 1.97. The van der Waals surface area contributed by atoms with E-state index in [9.17, 15) is 4.39 Å². The molecule has 1 aromatic carbocycles. The second kappa shape index (κ2) is 5.55. The highest BCUT2D eigenvalue weighted by molar-refractivity contribution is 6.31. The van der Waals surface area contributed by atoms with Gasteiger partial charge in [-0.2, -0.15) is 0 Å². The standard InChI is InChI=1S/C14H15ClFNO/c1-10-3-6-13(18-10)9-17(2)8-11-4-5-12(16)7-14(11)15/h3-7H,8-9H2,1-2H3. The summed E-state index contributed by atoms with van der Waals surface area (Å²) < 4.78 is 18.4. The van der Waals surface area contributed by atoms with Crippen LogP contribution in [0, 0.1) is 12.7 Å². The monoisotopic (exact) mass is 267 g/mol. The number of hydrogen-bond donors (Lipinski definition) is 0. The van der Waals surface area contributed by atoms with Gasteiger partial charge in [0.2, 0.25) is 0 Å². The van der Waals surface area contributed by atoms with Crippen molar-refractivity contribution >= 4 is 11.6 Å². The molecule has 0 aliphatic rings. The van der Waals surface area contributed by atoms with E-state index in [2.05, 4.69) is 4.90 Å². The molecule has 0 fully saturated rings. The van der Waals surface area contributed by atoms with Crippen LogP contribution in [-0.2, 0) is 13.1 Å². The Morgan fingerprint density at radius 1 is 1.22 bits per heavy atom. The fraction of sp³-hybridized carbons (Fsp3) is 0.286. The molecule has 0 saturated heterocycles. The number of rotatable bonds is 4. The quantitative estimate of drug-likeness (QED) is 0.832. The lowest BCUT2D eigenvalue weighted by Crippen LogP contribution is -2.17. The van der Waals surface area contributed by atoms with Crippen LogP contribution in [0.25, 0.3) is 0 Å². The van der Waals surface area contributed by atoms with Crippen LogP contribution in [0.1, 0.15) is 17.1 Å². The first-order chi connectivity index (χ1) is 8.54. The van der Waals surface area contributed by atoms with E-state index >= 15 is 0 Å². The Morgan fingerprint density at radius 2 is 2.00 bits per heavy atom. The molecule has 4 heteroatoms. The predicted octanol–water partition coefficient (Wildman–Crippen LogP) is 4.01. The molecule has 0 radical (unpaired) electrons. The van der Waals surface area contributed by atoms with Crippen LogP contribution in [-0.4, -0.2) is 11.9 Å². The van der Waals surface area contributed by atoms with Gasteiger partial charge in [-0.25, -0.2) is 4.39 Å². The summed E-state index contributed by atoms with van der Waals surface area (Å²) in [6, 6.07) is 8.36. The molecule has 0 N–H and O–H groups in total. The van der Waals surface area contributed by atoms with Crippen LogP contribution in [0.2, 0.25) is 5.02 Å². The molecule has 0 amide bonds. The minimum Gasteiger partial charge on any atom is -0.465 e. The fourth-order valence-electron chi connectivity index (χ4n) is 1.83. The Hall–Kier alpha value is -1.32. The van der Waals surface area contributed by atoms with Crippen LogP contribution in [0.5, 0.6) is 0 Å². The van der Waals surface area contributed by atoms with Crippen molar-refractivity contribution in [2.75, 3.05) is 7.05 Å². The number of aryl methyl sites for hydroxylation is 1. The summed E-state index contributed by atoms with van der Waals surface area (Å²) in [6.45, 7) is 3.26. The first-order valence-electron chi connectivity index (χ1n) is 5.72. The zero-order chi connectivity index (χ0) is 13.1. The molecule has 2 aromatic rings. The van der Waals surface area contributed by atoms with Gasteiger partial charge in [-0.3, -0.25) is 4.90 Å². The highest BCUT2D eigenvalue weighted by Gasteiger charge is 2.08. The van der Waals surface area contributed by atoms with Crippen LogP contribution in [0.15, 0.2) is 34.7 Å². The Morgan fingerprint density at radius 3 is 2.61 bits per heavy atom. The molecule has 96 valence electrons. The van der Waals surface area contributed by atoms with Gasteiger partial charge in [-0.05, 0) is 43.8 Å². The lowest BCUT2D eigenvalue weighted by molar-refractivity contribution is 0.285. The van der Waals surface area contributed by atoms with Gasteiger partial charge in [0, 0.05) is 11.6 Å². The van der Waals surface area contributed by atoms with Crippen LogP contribution < -0.4 is 0 Å². The average Bonchev–Trinajstić information content (AvgIpc) is 2.68. The van der Waals surface area contributed by atoms with E-state index in [1.54, 1.807) is 6.07 Å². The summed E-state index contributed by atoms with van der Waals surface area (Å²) in [4.78, 5) is 2.07. The summed E-state index contributed by atoms with van der Waals surface area (Å²) >= 11 is 5.99. The van der Waals surface area contributed by atoms with Crippen LogP contribution in [0.3, 0.4) is 0 Å². The van der Waals surface area contributed by atoms with Gasteiger partial charge in [-0.1, -0.05) is 17.7 Å². The molecule has 0 aliphatic carbocycles. The molecule has 1 heterocycles. The van der Waals surface area contributed by atoms with Gasteiger partial charge in [0.1, 0.15) is 17.3 Å². The highest BCUT2D eigenvalue weighted by atomic mass is 35.5. The van der Waals surface area contributed by atoms with Gasteiger partial charge >= 0.3 is 0 Å². The molecule has 0 saturated carbocycles. The van der Waals surface area contributed by atoms with E-state index in [0.717, 1.165) is 17.1 Å². The topological polar surface area (TPSA) is 16.4 Å².